The van der Waals surface area contributed by atoms with Crippen molar-refractivity contribution in [3.63, 3.8) is 0 Å². The van der Waals surface area contributed by atoms with E-state index in [1.165, 1.54) is 0 Å². The van der Waals surface area contributed by atoms with Crippen molar-refractivity contribution in [2.75, 3.05) is 6.61 Å². The lowest BCUT2D eigenvalue weighted by Gasteiger charge is -2.07. The molecule has 1 N–H and O–H groups in total. The maximum Gasteiger partial charge on any atom is 0.0998 e. The number of rotatable bonds is 5. The Morgan fingerprint density at radius 2 is 2.24 bits per heavy atom. The minimum Gasteiger partial charge on any atom is -0.396 e. The fraction of sp³-hybridized carbons (Fsp3) is 0.385. The molecule has 0 spiro atoms. The molecule has 17 heavy (non-hydrogen) atoms. The van der Waals surface area contributed by atoms with E-state index in [2.05, 4.69) is 16.9 Å². The molecule has 0 radical (unpaired) electrons. The smallest absolute Gasteiger partial charge is 0.0998 e. The quantitative estimate of drug-likeness (QED) is 0.885. The molecule has 0 aliphatic carbocycles. The second-order valence-corrected chi connectivity index (χ2v) is 4.95. The normalized spacial score (nSPS) is 12.6. The highest BCUT2D eigenvalue weighted by atomic mass is 32.1. The molecule has 0 aromatic carbocycles. The molecule has 1 atom stereocenters. The number of aliphatic hydroxyl groups is 1. The molecule has 2 aromatic rings. The Morgan fingerprint density at radius 3 is 2.88 bits per heavy atom. The van der Waals surface area contributed by atoms with E-state index in [1.54, 1.807) is 17.5 Å². The SMILES string of the molecule is CCC(CO)Cc1nc(-c2ccccn2)cs1. The topological polar surface area (TPSA) is 46.0 Å². The van der Waals surface area contributed by atoms with Crippen LogP contribution in [0.1, 0.15) is 18.4 Å². The number of pyridine rings is 1. The molecule has 2 heterocycles. The predicted octanol–water partition coefficient (Wildman–Crippen LogP) is 2.77. The van der Waals surface area contributed by atoms with E-state index in [0.29, 0.717) is 5.92 Å². The number of hydrogen-bond acceptors (Lipinski definition) is 4. The van der Waals surface area contributed by atoms with Crippen molar-refractivity contribution in [3.05, 3.63) is 34.8 Å². The third-order valence-corrected chi connectivity index (χ3v) is 3.65. The summed E-state index contributed by atoms with van der Waals surface area (Å²) in [4.78, 5) is 8.84. The van der Waals surface area contributed by atoms with Gasteiger partial charge in [0.15, 0.2) is 0 Å². The fourth-order valence-electron chi connectivity index (χ4n) is 1.62. The van der Waals surface area contributed by atoms with Crippen LogP contribution in [0.5, 0.6) is 0 Å². The zero-order valence-electron chi connectivity index (χ0n) is 9.84. The van der Waals surface area contributed by atoms with Crippen LogP contribution in [-0.2, 0) is 6.42 Å². The van der Waals surface area contributed by atoms with Gasteiger partial charge in [0.2, 0.25) is 0 Å². The Labute approximate surface area is 105 Å². The number of nitrogens with zero attached hydrogens (tertiary/aromatic N) is 2. The van der Waals surface area contributed by atoms with E-state index in [1.807, 2.05) is 23.6 Å². The van der Waals surface area contributed by atoms with Gasteiger partial charge >= 0.3 is 0 Å². The first kappa shape index (κ1) is 12.2. The van der Waals surface area contributed by atoms with Gasteiger partial charge in [-0.2, -0.15) is 0 Å². The van der Waals surface area contributed by atoms with Gasteiger partial charge in [0, 0.05) is 24.6 Å². The summed E-state index contributed by atoms with van der Waals surface area (Å²) in [6, 6.07) is 5.82. The highest BCUT2D eigenvalue weighted by Gasteiger charge is 2.10. The molecular formula is C13H16N2OS. The van der Waals surface area contributed by atoms with Crippen molar-refractivity contribution in [1.29, 1.82) is 0 Å². The van der Waals surface area contributed by atoms with Crippen LogP contribution in [0.3, 0.4) is 0 Å². The molecule has 1 unspecified atom stereocenters. The summed E-state index contributed by atoms with van der Waals surface area (Å²) < 4.78 is 0. The fourth-order valence-corrected chi connectivity index (χ4v) is 2.53. The van der Waals surface area contributed by atoms with E-state index in [9.17, 15) is 5.11 Å². The summed E-state index contributed by atoms with van der Waals surface area (Å²) in [5, 5.41) is 12.3. The second kappa shape index (κ2) is 5.89. The first-order valence-electron chi connectivity index (χ1n) is 5.80. The van der Waals surface area contributed by atoms with Crippen molar-refractivity contribution in [3.8, 4) is 11.4 Å². The minimum absolute atomic E-state index is 0.231. The maximum atomic E-state index is 9.18. The average Bonchev–Trinajstić information content (AvgIpc) is 2.85. The van der Waals surface area contributed by atoms with Crippen LogP contribution in [-0.4, -0.2) is 21.7 Å². The number of thiazole rings is 1. The lowest BCUT2D eigenvalue weighted by atomic mass is 10.0. The van der Waals surface area contributed by atoms with E-state index in [-0.39, 0.29) is 6.61 Å². The summed E-state index contributed by atoms with van der Waals surface area (Å²) in [6.07, 6.45) is 3.61. The molecule has 0 saturated heterocycles. The van der Waals surface area contributed by atoms with Crippen LogP contribution in [0.25, 0.3) is 11.4 Å². The van der Waals surface area contributed by atoms with Gasteiger partial charge in [0.1, 0.15) is 0 Å². The second-order valence-electron chi connectivity index (χ2n) is 4.00. The summed E-state index contributed by atoms with van der Waals surface area (Å²) in [5.74, 6) is 0.317. The van der Waals surface area contributed by atoms with Gasteiger partial charge in [0.05, 0.1) is 16.4 Å². The summed E-state index contributed by atoms with van der Waals surface area (Å²) in [6.45, 7) is 2.32. The molecule has 3 nitrogen and oxygen atoms in total. The Kier molecular flexibility index (Phi) is 4.23. The van der Waals surface area contributed by atoms with Crippen molar-refractivity contribution < 1.29 is 5.11 Å². The van der Waals surface area contributed by atoms with E-state index in [4.69, 9.17) is 0 Å². The summed E-state index contributed by atoms with van der Waals surface area (Å²) >= 11 is 1.64. The Hall–Kier alpha value is -1.26. The van der Waals surface area contributed by atoms with Crippen molar-refractivity contribution >= 4 is 11.3 Å². The Bertz CT molecular complexity index is 451. The lowest BCUT2D eigenvalue weighted by Crippen LogP contribution is -2.07. The zero-order valence-corrected chi connectivity index (χ0v) is 10.7. The number of aromatic nitrogens is 2. The van der Waals surface area contributed by atoms with Crippen molar-refractivity contribution in [2.24, 2.45) is 5.92 Å². The first-order valence-corrected chi connectivity index (χ1v) is 6.68. The molecule has 90 valence electrons. The van der Waals surface area contributed by atoms with Crippen LogP contribution < -0.4 is 0 Å². The van der Waals surface area contributed by atoms with E-state index >= 15 is 0 Å². The average molecular weight is 248 g/mol. The zero-order chi connectivity index (χ0) is 12.1. The highest BCUT2D eigenvalue weighted by Crippen LogP contribution is 2.22. The van der Waals surface area contributed by atoms with E-state index in [0.717, 1.165) is 29.2 Å². The lowest BCUT2D eigenvalue weighted by molar-refractivity contribution is 0.222. The molecular weight excluding hydrogens is 232 g/mol. The van der Waals surface area contributed by atoms with E-state index < -0.39 is 0 Å². The van der Waals surface area contributed by atoms with Crippen LogP contribution in [0.2, 0.25) is 0 Å². The largest absolute Gasteiger partial charge is 0.396 e. The third-order valence-electron chi connectivity index (χ3n) is 2.78. The number of hydrogen-bond donors (Lipinski definition) is 1. The first-order chi connectivity index (χ1) is 8.33. The minimum atomic E-state index is 0.231. The monoisotopic (exact) mass is 248 g/mol. The van der Waals surface area contributed by atoms with Gasteiger partial charge in [0.25, 0.3) is 0 Å². The molecule has 0 aliphatic heterocycles. The maximum absolute atomic E-state index is 9.18. The van der Waals surface area contributed by atoms with Gasteiger partial charge in [-0.25, -0.2) is 4.98 Å². The number of aliphatic hydroxyl groups excluding tert-OH is 1. The van der Waals surface area contributed by atoms with Crippen LogP contribution in [0.4, 0.5) is 0 Å². The molecule has 0 amide bonds. The van der Waals surface area contributed by atoms with Gasteiger partial charge in [-0.1, -0.05) is 19.4 Å². The highest BCUT2D eigenvalue weighted by molar-refractivity contribution is 7.09. The van der Waals surface area contributed by atoms with Crippen molar-refractivity contribution in [1.82, 2.24) is 9.97 Å². The molecule has 0 fully saturated rings. The molecule has 4 heteroatoms. The predicted molar refractivity (Wildman–Crippen MR) is 69.9 cm³/mol. The molecule has 0 aliphatic rings. The Balaban J connectivity index is 2.11. The van der Waals surface area contributed by atoms with Gasteiger partial charge < -0.3 is 5.11 Å². The summed E-state index contributed by atoms with van der Waals surface area (Å²) in [5.41, 5.74) is 1.84. The molecule has 0 bridgehead atoms. The standard InChI is InChI=1S/C13H16N2OS/c1-2-10(8-16)7-13-15-12(9-17-13)11-5-3-4-6-14-11/h3-6,9-10,16H,2,7-8H2,1H3. The van der Waals surface area contributed by atoms with Crippen LogP contribution >= 0.6 is 11.3 Å². The van der Waals surface area contributed by atoms with Gasteiger partial charge in [-0.05, 0) is 18.1 Å². The third kappa shape index (κ3) is 3.11. The molecule has 2 rings (SSSR count). The Morgan fingerprint density at radius 1 is 1.35 bits per heavy atom. The summed E-state index contributed by atoms with van der Waals surface area (Å²) in [7, 11) is 0. The molecule has 0 saturated carbocycles. The van der Waals surface area contributed by atoms with Crippen LogP contribution in [0, 0.1) is 5.92 Å². The molecule has 2 aromatic heterocycles. The van der Waals surface area contributed by atoms with Crippen molar-refractivity contribution in [2.45, 2.75) is 19.8 Å². The van der Waals surface area contributed by atoms with Gasteiger partial charge in [-0.3, -0.25) is 4.98 Å². The van der Waals surface area contributed by atoms with Crippen LogP contribution in [0.15, 0.2) is 29.8 Å². The van der Waals surface area contributed by atoms with Gasteiger partial charge in [-0.15, -0.1) is 11.3 Å².